The van der Waals surface area contributed by atoms with Crippen molar-refractivity contribution in [2.24, 2.45) is 0 Å². The molecular weight excluding hydrogens is 163 g/mol. The Labute approximate surface area is 78.4 Å². The van der Waals surface area contributed by atoms with Crippen LogP contribution in [0.2, 0.25) is 0 Å². The zero-order valence-electron chi connectivity index (χ0n) is 7.76. The van der Waals surface area contributed by atoms with Crippen LogP contribution in [0, 0.1) is 0 Å². The summed E-state index contributed by atoms with van der Waals surface area (Å²) >= 11 is 0. The van der Waals surface area contributed by atoms with Gasteiger partial charge in [0, 0.05) is 0 Å². The van der Waals surface area contributed by atoms with Crippen LogP contribution in [0.5, 0.6) is 0 Å². The van der Waals surface area contributed by atoms with Gasteiger partial charge in [-0.2, -0.15) is 0 Å². The fourth-order valence-corrected chi connectivity index (χ4v) is 1.10. The molecule has 0 heterocycles. The standard InChI is InChI=1S/C12H13F/c1-11(13)7-5-6-10-12-8-3-2-4-9-12/h2-5,8-9H,6,10H2,1H3. The van der Waals surface area contributed by atoms with E-state index in [1.807, 2.05) is 18.2 Å². The van der Waals surface area contributed by atoms with Gasteiger partial charge in [-0.05, 0) is 31.4 Å². The molecule has 13 heavy (non-hydrogen) atoms. The van der Waals surface area contributed by atoms with Gasteiger partial charge in [-0.3, -0.25) is 0 Å². The molecule has 0 atom stereocenters. The van der Waals surface area contributed by atoms with E-state index in [2.05, 4.69) is 17.9 Å². The van der Waals surface area contributed by atoms with Gasteiger partial charge in [-0.15, -0.1) is 0 Å². The van der Waals surface area contributed by atoms with Crippen molar-refractivity contribution < 1.29 is 4.39 Å². The Kier molecular flexibility index (Phi) is 4.01. The van der Waals surface area contributed by atoms with Crippen LogP contribution in [0.25, 0.3) is 0 Å². The minimum Gasteiger partial charge on any atom is -0.203 e. The molecule has 0 fully saturated rings. The first-order valence-electron chi connectivity index (χ1n) is 4.40. The third-order valence-corrected chi connectivity index (χ3v) is 1.72. The van der Waals surface area contributed by atoms with Gasteiger partial charge in [-0.25, -0.2) is 4.39 Å². The van der Waals surface area contributed by atoms with Gasteiger partial charge in [-0.1, -0.05) is 36.1 Å². The second-order valence-corrected chi connectivity index (χ2v) is 2.91. The molecular formula is C12H13F. The van der Waals surface area contributed by atoms with Gasteiger partial charge in [0.15, 0.2) is 0 Å². The highest BCUT2D eigenvalue weighted by Gasteiger charge is 1.87. The van der Waals surface area contributed by atoms with E-state index >= 15 is 0 Å². The molecule has 1 rings (SSSR count). The van der Waals surface area contributed by atoms with Crippen LogP contribution in [0.1, 0.15) is 18.9 Å². The lowest BCUT2D eigenvalue weighted by atomic mass is 10.1. The summed E-state index contributed by atoms with van der Waals surface area (Å²) in [4.78, 5) is 0. The summed E-state index contributed by atoms with van der Waals surface area (Å²) < 4.78 is 12.2. The van der Waals surface area contributed by atoms with E-state index in [0.29, 0.717) is 0 Å². The molecule has 0 amide bonds. The number of hydrogen-bond donors (Lipinski definition) is 0. The minimum atomic E-state index is -0.256. The predicted molar refractivity (Wildman–Crippen MR) is 53.1 cm³/mol. The fourth-order valence-electron chi connectivity index (χ4n) is 1.10. The Morgan fingerprint density at radius 2 is 2.08 bits per heavy atom. The largest absolute Gasteiger partial charge is 0.203 e. The summed E-state index contributed by atoms with van der Waals surface area (Å²) in [5.74, 6) is -0.256. The molecule has 0 radical (unpaired) electrons. The van der Waals surface area contributed by atoms with E-state index in [1.54, 1.807) is 6.08 Å². The smallest absolute Gasteiger partial charge is 0.138 e. The number of halogens is 1. The summed E-state index contributed by atoms with van der Waals surface area (Å²) in [6.45, 7) is 1.40. The van der Waals surface area contributed by atoms with Crippen molar-refractivity contribution >= 4 is 0 Å². The van der Waals surface area contributed by atoms with Crippen molar-refractivity contribution in [1.82, 2.24) is 0 Å². The summed E-state index contributed by atoms with van der Waals surface area (Å²) in [6.07, 6.45) is 3.52. The first-order valence-corrected chi connectivity index (χ1v) is 4.40. The van der Waals surface area contributed by atoms with E-state index in [9.17, 15) is 4.39 Å². The van der Waals surface area contributed by atoms with Gasteiger partial charge >= 0.3 is 0 Å². The minimum absolute atomic E-state index is 0.256. The number of hydrogen-bond acceptors (Lipinski definition) is 0. The molecule has 0 bridgehead atoms. The Morgan fingerprint density at radius 1 is 1.38 bits per heavy atom. The van der Waals surface area contributed by atoms with Crippen LogP contribution < -0.4 is 0 Å². The van der Waals surface area contributed by atoms with Crippen LogP contribution in [0.4, 0.5) is 4.39 Å². The Balaban J connectivity index is 2.41. The van der Waals surface area contributed by atoms with E-state index in [1.165, 1.54) is 12.5 Å². The average molecular weight is 176 g/mol. The molecule has 0 aromatic heterocycles. The van der Waals surface area contributed by atoms with Crippen molar-refractivity contribution in [1.29, 1.82) is 0 Å². The molecule has 0 spiro atoms. The highest BCUT2D eigenvalue weighted by molar-refractivity contribution is 5.15. The lowest BCUT2D eigenvalue weighted by Crippen LogP contribution is -1.80. The summed E-state index contributed by atoms with van der Waals surface area (Å²) in [7, 11) is 0. The molecule has 0 aliphatic rings. The average Bonchev–Trinajstić information content (AvgIpc) is 2.14. The predicted octanol–water partition coefficient (Wildman–Crippen LogP) is 3.65. The van der Waals surface area contributed by atoms with Gasteiger partial charge < -0.3 is 0 Å². The molecule has 0 saturated carbocycles. The van der Waals surface area contributed by atoms with Gasteiger partial charge in [0.1, 0.15) is 5.83 Å². The third-order valence-electron chi connectivity index (χ3n) is 1.72. The second kappa shape index (κ2) is 5.34. The molecule has 0 saturated heterocycles. The van der Waals surface area contributed by atoms with Crippen molar-refractivity contribution in [2.75, 3.05) is 0 Å². The van der Waals surface area contributed by atoms with E-state index < -0.39 is 0 Å². The van der Waals surface area contributed by atoms with Crippen LogP contribution in [0.3, 0.4) is 0 Å². The SMILES string of the molecule is CC(F)=C=CCCc1ccccc1. The van der Waals surface area contributed by atoms with Crippen molar-refractivity contribution in [2.45, 2.75) is 19.8 Å². The molecule has 68 valence electrons. The summed E-state index contributed by atoms with van der Waals surface area (Å²) in [6, 6.07) is 10.1. The molecule has 1 aromatic rings. The highest BCUT2D eigenvalue weighted by Crippen LogP contribution is 2.02. The first-order chi connectivity index (χ1) is 6.29. The fraction of sp³-hybridized carbons (Fsp3) is 0.250. The van der Waals surface area contributed by atoms with Gasteiger partial charge in [0.2, 0.25) is 0 Å². The zero-order valence-corrected chi connectivity index (χ0v) is 7.76. The number of benzene rings is 1. The van der Waals surface area contributed by atoms with Crippen LogP contribution in [-0.4, -0.2) is 0 Å². The van der Waals surface area contributed by atoms with Crippen LogP contribution >= 0.6 is 0 Å². The lowest BCUT2D eigenvalue weighted by Gasteiger charge is -1.94. The van der Waals surface area contributed by atoms with Crippen molar-refractivity contribution in [3.63, 3.8) is 0 Å². The molecule has 0 nitrogen and oxygen atoms in total. The Morgan fingerprint density at radius 3 is 2.69 bits per heavy atom. The maximum absolute atomic E-state index is 12.2. The van der Waals surface area contributed by atoms with Crippen molar-refractivity contribution in [3.8, 4) is 0 Å². The molecule has 0 N–H and O–H groups in total. The highest BCUT2D eigenvalue weighted by atomic mass is 19.1. The number of aryl methyl sites for hydroxylation is 1. The van der Waals surface area contributed by atoms with Gasteiger partial charge in [0.05, 0.1) is 0 Å². The molecule has 0 unspecified atom stereocenters. The zero-order chi connectivity index (χ0) is 9.52. The Bertz CT molecular complexity index is 301. The second-order valence-electron chi connectivity index (χ2n) is 2.91. The lowest BCUT2D eigenvalue weighted by molar-refractivity contribution is 0.642. The number of rotatable bonds is 3. The normalized spacial score (nSPS) is 9.08. The summed E-state index contributed by atoms with van der Waals surface area (Å²) in [5.41, 5.74) is 3.82. The quantitative estimate of drug-likeness (QED) is 0.617. The Hall–Kier alpha value is -1.33. The van der Waals surface area contributed by atoms with E-state index in [0.717, 1.165) is 12.8 Å². The topological polar surface area (TPSA) is 0 Å². The maximum atomic E-state index is 12.2. The molecule has 1 heteroatoms. The van der Waals surface area contributed by atoms with Gasteiger partial charge in [0.25, 0.3) is 0 Å². The van der Waals surface area contributed by atoms with Crippen molar-refractivity contribution in [3.05, 3.63) is 53.5 Å². The van der Waals surface area contributed by atoms with E-state index in [4.69, 9.17) is 0 Å². The summed E-state index contributed by atoms with van der Waals surface area (Å²) in [5, 5.41) is 0. The maximum Gasteiger partial charge on any atom is 0.138 e. The van der Waals surface area contributed by atoms with Crippen LogP contribution in [-0.2, 0) is 6.42 Å². The molecule has 0 aliphatic heterocycles. The monoisotopic (exact) mass is 176 g/mol. The number of allylic oxidation sites excluding steroid dienone is 1. The van der Waals surface area contributed by atoms with Crippen LogP contribution in [0.15, 0.2) is 48.0 Å². The first kappa shape index (κ1) is 9.76. The van der Waals surface area contributed by atoms with E-state index in [-0.39, 0.29) is 5.83 Å². The third kappa shape index (κ3) is 4.29. The molecule has 0 aliphatic carbocycles. The molecule has 1 aromatic carbocycles.